The lowest BCUT2D eigenvalue weighted by molar-refractivity contribution is 0.254. The van der Waals surface area contributed by atoms with Gasteiger partial charge in [0.25, 0.3) is 0 Å². The molecule has 0 saturated carbocycles. The topological polar surface area (TPSA) is 34.0 Å². The van der Waals surface area contributed by atoms with Crippen LogP contribution in [0, 0.1) is 0 Å². The molecule has 64 valence electrons. The Bertz CT molecular complexity index is 302. The fourth-order valence-corrected chi connectivity index (χ4v) is 1.36. The second kappa shape index (κ2) is 2.71. The first-order valence-electron chi connectivity index (χ1n) is 4.04. The van der Waals surface area contributed by atoms with Gasteiger partial charge in [0.2, 0.25) is 0 Å². The summed E-state index contributed by atoms with van der Waals surface area (Å²) >= 11 is 0. The molecule has 1 aromatic rings. The zero-order valence-electron chi connectivity index (χ0n) is 7.19. The number of aromatic nitrogens is 3. The Morgan fingerprint density at radius 2 is 2.33 bits per heavy atom. The number of fused-ring (bicyclic) bond motifs is 1. The van der Waals surface area contributed by atoms with Gasteiger partial charge in [0.1, 0.15) is 5.82 Å². The summed E-state index contributed by atoms with van der Waals surface area (Å²) in [5.41, 5.74) is 0. The summed E-state index contributed by atoms with van der Waals surface area (Å²) in [6, 6.07) is 0. The van der Waals surface area contributed by atoms with Crippen molar-refractivity contribution < 1.29 is 0 Å². The molecular formula is C8H12N4. The molecule has 0 N–H and O–H groups in total. The Kier molecular flexibility index (Phi) is 1.69. The number of hydrogen-bond acceptors (Lipinski definition) is 3. The average Bonchev–Trinajstić information content (AvgIpc) is 2.46. The summed E-state index contributed by atoms with van der Waals surface area (Å²) in [5, 5.41) is 4.26. The van der Waals surface area contributed by atoms with Crippen LogP contribution in [0.5, 0.6) is 0 Å². The average molecular weight is 164 g/mol. The zero-order chi connectivity index (χ0) is 8.55. The van der Waals surface area contributed by atoms with Crippen LogP contribution in [0.3, 0.4) is 0 Å². The Labute approximate surface area is 71.5 Å². The molecule has 0 aliphatic carbocycles. The first-order valence-corrected chi connectivity index (χ1v) is 4.04. The van der Waals surface area contributed by atoms with Gasteiger partial charge < -0.3 is 0 Å². The molecule has 0 radical (unpaired) electrons. The van der Waals surface area contributed by atoms with Crippen molar-refractivity contribution in [1.82, 2.24) is 19.7 Å². The minimum atomic E-state index is 0.736. The maximum Gasteiger partial charge on any atom is 0.173 e. The molecule has 0 fully saturated rings. The molecule has 4 heteroatoms. The summed E-state index contributed by atoms with van der Waals surface area (Å²) < 4.78 is 1.96. The molecule has 1 aromatic heterocycles. The number of likely N-dealkylation sites (N-methyl/N-ethyl adjacent to an activating group) is 1. The van der Waals surface area contributed by atoms with Gasteiger partial charge in [0.15, 0.2) is 5.82 Å². The van der Waals surface area contributed by atoms with Crippen LogP contribution >= 0.6 is 0 Å². The lowest BCUT2D eigenvalue weighted by Crippen LogP contribution is -2.30. The van der Waals surface area contributed by atoms with Crippen molar-refractivity contribution in [2.45, 2.75) is 13.1 Å². The zero-order valence-corrected chi connectivity index (χ0v) is 7.19. The van der Waals surface area contributed by atoms with Gasteiger partial charge in [0.05, 0.1) is 13.1 Å². The van der Waals surface area contributed by atoms with Crippen LogP contribution in [0.4, 0.5) is 0 Å². The normalized spacial score (nSPS) is 17.4. The Morgan fingerprint density at radius 3 is 3.08 bits per heavy atom. The maximum absolute atomic E-state index is 4.31. The molecule has 0 amide bonds. The smallest absolute Gasteiger partial charge is 0.173 e. The molecule has 0 atom stereocenters. The fourth-order valence-electron chi connectivity index (χ4n) is 1.36. The highest BCUT2D eigenvalue weighted by molar-refractivity contribution is 5.35. The Morgan fingerprint density at radius 1 is 1.50 bits per heavy atom. The molecule has 1 aliphatic rings. The molecule has 0 bridgehead atoms. The molecular weight excluding hydrogens is 152 g/mol. The van der Waals surface area contributed by atoms with Crippen molar-refractivity contribution in [2.75, 3.05) is 13.6 Å². The van der Waals surface area contributed by atoms with Crippen LogP contribution in [0.25, 0.3) is 6.08 Å². The van der Waals surface area contributed by atoms with E-state index in [0.29, 0.717) is 0 Å². The van der Waals surface area contributed by atoms with E-state index in [-0.39, 0.29) is 0 Å². The van der Waals surface area contributed by atoms with E-state index in [1.165, 1.54) is 0 Å². The SMILES string of the molecule is C=Cc1nc2n(n1)CCN(C)C2. The van der Waals surface area contributed by atoms with Gasteiger partial charge in [-0.3, -0.25) is 4.90 Å². The van der Waals surface area contributed by atoms with Gasteiger partial charge in [-0.05, 0) is 13.1 Å². The molecule has 0 saturated heterocycles. The third kappa shape index (κ3) is 1.14. The van der Waals surface area contributed by atoms with Gasteiger partial charge in [-0.2, -0.15) is 5.10 Å². The predicted molar refractivity (Wildman–Crippen MR) is 46.4 cm³/mol. The van der Waals surface area contributed by atoms with Crippen LogP contribution in [0.1, 0.15) is 11.6 Å². The summed E-state index contributed by atoms with van der Waals surface area (Å²) in [6.07, 6.45) is 1.69. The van der Waals surface area contributed by atoms with E-state index in [9.17, 15) is 0 Å². The van der Waals surface area contributed by atoms with Crippen molar-refractivity contribution in [2.24, 2.45) is 0 Å². The van der Waals surface area contributed by atoms with Crippen LogP contribution in [0.2, 0.25) is 0 Å². The first kappa shape index (κ1) is 7.49. The third-order valence-electron chi connectivity index (χ3n) is 2.05. The highest BCUT2D eigenvalue weighted by Crippen LogP contribution is 2.08. The lowest BCUT2D eigenvalue weighted by Gasteiger charge is -2.21. The van der Waals surface area contributed by atoms with Crippen molar-refractivity contribution in [3.63, 3.8) is 0 Å². The Balaban J connectivity index is 2.34. The van der Waals surface area contributed by atoms with Gasteiger partial charge in [0, 0.05) is 6.54 Å². The highest BCUT2D eigenvalue weighted by atomic mass is 15.4. The van der Waals surface area contributed by atoms with Gasteiger partial charge in [-0.25, -0.2) is 9.67 Å². The molecule has 2 rings (SSSR count). The highest BCUT2D eigenvalue weighted by Gasteiger charge is 2.15. The second-order valence-corrected chi connectivity index (χ2v) is 3.05. The van der Waals surface area contributed by atoms with E-state index in [2.05, 4.69) is 28.6 Å². The monoisotopic (exact) mass is 164 g/mol. The van der Waals surface area contributed by atoms with E-state index < -0.39 is 0 Å². The Hall–Kier alpha value is -1.16. The summed E-state index contributed by atoms with van der Waals surface area (Å²) in [5.74, 6) is 1.78. The maximum atomic E-state index is 4.31. The number of nitrogens with zero attached hydrogens (tertiary/aromatic N) is 4. The lowest BCUT2D eigenvalue weighted by atomic mass is 10.4. The molecule has 2 heterocycles. The van der Waals surface area contributed by atoms with Crippen LogP contribution in [-0.2, 0) is 13.1 Å². The van der Waals surface area contributed by atoms with E-state index in [1.54, 1.807) is 6.08 Å². The minimum Gasteiger partial charge on any atom is -0.297 e. The van der Waals surface area contributed by atoms with E-state index in [4.69, 9.17) is 0 Å². The van der Waals surface area contributed by atoms with Crippen LogP contribution < -0.4 is 0 Å². The number of rotatable bonds is 1. The van der Waals surface area contributed by atoms with Gasteiger partial charge >= 0.3 is 0 Å². The summed E-state index contributed by atoms with van der Waals surface area (Å²) in [7, 11) is 2.09. The van der Waals surface area contributed by atoms with E-state index in [0.717, 1.165) is 31.3 Å². The molecule has 1 aliphatic heterocycles. The van der Waals surface area contributed by atoms with Crippen LogP contribution in [-0.4, -0.2) is 33.3 Å². The number of hydrogen-bond donors (Lipinski definition) is 0. The quantitative estimate of drug-likeness (QED) is 0.601. The van der Waals surface area contributed by atoms with Crippen molar-refractivity contribution in [3.8, 4) is 0 Å². The van der Waals surface area contributed by atoms with Crippen molar-refractivity contribution in [3.05, 3.63) is 18.2 Å². The molecule has 0 unspecified atom stereocenters. The minimum absolute atomic E-state index is 0.736. The van der Waals surface area contributed by atoms with Crippen LogP contribution in [0.15, 0.2) is 6.58 Å². The first-order chi connectivity index (χ1) is 5.79. The fraction of sp³-hybridized carbons (Fsp3) is 0.500. The largest absolute Gasteiger partial charge is 0.297 e. The second-order valence-electron chi connectivity index (χ2n) is 3.05. The molecule has 0 aromatic carbocycles. The van der Waals surface area contributed by atoms with Crippen molar-refractivity contribution >= 4 is 6.08 Å². The van der Waals surface area contributed by atoms with E-state index >= 15 is 0 Å². The molecule has 4 nitrogen and oxygen atoms in total. The molecule has 0 spiro atoms. The van der Waals surface area contributed by atoms with Crippen molar-refractivity contribution in [1.29, 1.82) is 0 Å². The third-order valence-corrected chi connectivity index (χ3v) is 2.05. The standard InChI is InChI=1S/C8H12N4/c1-3-7-9-8-6-11(2)4-5-12(8)10-7/h3H,1,4-6H2,2H3. The van der Waals surface area contributed by atoms with Gasteiger partial charge in [-0.1, -0.05) is 6.58 Å². The van der Waals surface area contributed by atoms with Gasteiger partial charge in [-0.15, -0.1) is 0 Å². The summed E-state index contributed by atoms with van der Waals surface area (Å²) in [6.45, 7) is 6.52. The molecule has 12 heavy (non-hydrogen) atoms. The summed E-state index contributed by atoms with van der Waals surface area (Å²) in [4.78, 5) is 6.54. The predicted octanol–water partition coefficient (Wildman–Crippen LogP) is 0.367. The van der Waals surface area contributed by atoms with E-state index in [1.807, 2.05) is 4.68 Å².